The van der Waals surface area contributed by atoms with Gasteiger partial charge in [-0.15, -0.1) is 0 Å². The Bertz CT molecular complexity index is 642. The first-order chi connectivity index (χ1) is 9.13. The molecule has 0 atom stereocenters. The number of nitrogens with zero attached hydrogens (tertiary/aromatic N) is 1. The monoisotopic (exact) mass is 277 g/mol. The number of hydrogen-bond acceptors (Lipinski definition) is 4. The van der Waals surface area contributed by atoms with Gasteiger partial charge in [-0.3, -0.25) is 4.98 Å². The van der Waals surface area contributed by atoms with Gasteiger partial charge >= 0.3 is 0 Å². The Morgan fingerprint density at radius 2 is 1.84 bits per heavy atom. The normalized spacial score (nSPS) is 11.2. The molecule has 2 aromatic rings. The Kier molecular flexibility index (Phi) is 4.13. The lowest BCUT2D eigenvalue weighted by molar-refractivity contribution is 0.588. The molecule has 2 rings (SSSR count). The summed E-state index contributed by atoms with van der Waals surface area (Å²) in [7, 11) is -2.07. The standard InChI is InChI=1S/C13H15N3O2S/c1-14-19(17,18)13-8-3-2-7-12(13)16-10-11-6-4-5-9-15-11/h2-9,14,16H,10H2,1H3. The minimum absolute atomic E-state index is 0.230. The molecule has 19 heavy (non-hydrogen) atoms. The smallest absolute Gasteiger partial charge is 0.242 e. The van der Waals surface area contributed by atoms with Crippen molar-refractivity contribution in [2.45, 2.75) is 11.4 Å². The van der Waals surface area contributed by atoms with Gasteiger partial charge in [0.15, 0.2) is 0 Å². The highest BCUT2D eigenvalue weighted by Crippen LogP contribution is 2.20. The first-order valence-electron chi connectivity index (χ1n) is 5.80. The van der Waals surface area contributed by atoms with E-state index in [9.17, 15) is 8.42 Å². The van der Waals surface area contributed by atoms with Gasteiger partial charge < -0.3 is 5.32 Å². The molecule has 0 fully saturated rings. The van der Waals surface area contributed by atoms with Crippen molar-refractivity contribution >= 4 is 15.7 Å². The van der Waals surface area contributed by atoms with Gasteiger partial charge in [-0.25, -0.2) is 13.1 Å². The van der Waals surface area contributed by atoms with E-state index in [1.54, 1.807) is 30.5 Å². The van der Waals surface area contributed by atoms with E-state index >= 15 is 0 Å². The minimum atomic E-state index is -3.47. The highest BCUT2D eigenvalue weighted by Gasteiger charge is 2.15. The second kappa shape index (κ2) is 5.81. The molecule has 0 saturated heterocycles. The summed E-state index contributed by atoms with van der Waals surface area (Å²) in [5.74, 6) is 0. The molecule has 0 aliphatic carbocycles. The lowest BCUT2D eigenvalue weighted by Gasteiger charge is -2.11. The van der Waals surface area contributed by atoms with Crippen molar-refractivity contribution in [3.8, 4) is 0 Å². The zero-order chi connectivity index (χ0) is 13.7. The van der Waals surface area contributed by atoms with Crippen LogP contribution in [0.1, 0.15) is 5.69 Å². The Labute approximate surface area is 112 Å². The van der Waals surface area contributed by atoms with E-state index in [4.69, 9.17) is 0 Å². The number of nitrogens with one attached hydrogen (secondary N) is 2. The lowest BCUT2D eigenvalue weighted by atomic mass is 10.3. The second-order valence-electron chi connectivity index (χ2n) is 3.88. The fourth-order valence-electron chi connectivity index (χ4n) is 1.65. The van der Waals surface area contributed by atoms with Crippen LogP contribution in [0.4, 0.5) is 5.69 Å². The Morgan fingerprint density at radius 1 is 1.11 bits per heavy atom. The van der Waals surface area contributed by atoms with E-state index < -0.39 is 10.0 Å². The van der Waals surface area contributed by atoms with Gasteiger partial charge in [0, 0.05) is 6.20 Å². The van der Waals surface area contributed by atoms with Crippen LogP contribution in [0.25, 0.3) is 0 Å². The van der Waals surface area contributed by atoms with E-state index in [0.29, 0.717) is 12.2 Å². The van der Waals surface area contributed by atoms with Crippen molar-refractivity contribution in [3.63, 3.8) is 0 Å². The van der Waals surface area contributed by atoms with Crippen LogP contribution in [-0.2, 0) is 16.6 Å². The van der Waals surface area contributed by atoms with Gasteiger partial charge in [-0.05, 0) is 31.3 Å². The van der Waals surface area contributed by atoms with Crippen LogP contribution in [0, 0.1) is 0 Å². The lowest BCUT2D eigenvalue weighted by Crippen LogP contribution is -2.20. The molecule has 0 aliphatic rings. The molecule has 2 N–H and O–H groups in total. The van der Waals surface area contributed by atoms with Gasteiger partial charge in [0.25, 0.3) is 0 Å². The molecule has 100 valence electrons. The fraction of sp³-hybridized carbons (Fsp3) is 0.154. The van der Waals surface area contributed by atoms with Crippen molar-refractivity contribution in [3.05, 3.63) is 54.4 Å². The van der Waals surface area contributed by atoms with Gasteiger partial charge in [-0.1, -0.05) is 18.2 Å². The van der Waals surface area contributed by atoms with Crippen LogP contribution in [0.15, 0.2) is 53.6 Å². The summed E-state index contributed by atoms with van der Waals surface area (Å²) in [6.45, 7) is 0.469. The van der Waals surface area contributed by atoms with E-state index in [-0.39, 0.29) is 4.90 Å². The van der Waals surface area contributed by atoms with Crippen molar-refractivity contribution in [1.82, 2.24) is 9.71 Å². The van der Waals surface area contributed by atoms with E-state index in [1.807, 2.05) is 18.2 Å². The number of hydrogen-bond donors (Lipinski definition) is 2. The molecule has 0 saturated carbocycles. The largest absolute Gasteiger partial charge is 0.378 e. The molecule has 0 unspecified atom stereocenters. The Hall–Kier alpha value is -1.92. The Balaban J connectivity index is 2.22. The fourth-order valence-corrected chi connectivity index (χ4v) is 2.55. The predicted octanol–water partition coefficient (Wildman–Crippen LogP) is 1.60. The molecular formula is C13H15N3O2S. The van der Waals surface area contributed by atoms with E-state index in [1.165, 1.54) is 7.05 Å². The average molecular weight is 277 g/mol. The number of anilines is 1. The van der Waals surface area contributed by atoms with E-state index in [2.05, 4.69) is 15.0 Å². The van der Waals surface area contributed by atoms with Crippen LogP contribution in [-0.4, -0.2) is 20.4 Å². The first-order valence-corrected chi connectivity index (χ1v) is 7.28. The van der Waals surface area contributed by atoms with Crippen LogP contribution in [0.5, 0.6) is 0 Å². The topological polar surface area (TPSA) is 71.1 Å². The van der Waals surface area contributed by atoms with Crippen molar-refractivity contribution < 1.29 is 8.42 Å². The molecule has 0 amide bonds. The highest BCUT2D eigenvalue weighted by molar-refractivity contribution is 7.89. The summed E-state index contributed by atoms with van der Waals surface area (Å²) in [6.07, 6.45) is 1.70. The zero-order valence-corrected chi connectivity index (χ0v) is 11.3. The molecule has 0 spiro atoms. The number of sulfonamides is 1. The quantitative estimate of drug-likeness (QED) is 0.871. The maximum atomic E-state index is 11.9. The molecule has 6 heteroatoms. The van der Waals surface area contributed by atoms with Gasteiger partial charge in [-0.2, -0.15) is 0 Å². The number of benzene rings is 1. The summed E-state index contributed by atoms with van der Waals surface area (Å²) in [4.78, 5) is 4.41. The molecule has 5 nitrogen and oxygen atoms in total. The number of rotatable bonds is 5. The van der Waals surface area contributed by atoms with Crippen molar-refractivity contribution in [2.24, 2.45) is 0 Å². The maximum absolute atomic E-state index is 11.9. The second-order valence-corrected chi connectivity index (χ2v) is 5.73. The molecule has 0 aliphatic heterocycles. The van der Waals surface area contributed by atoms with Crippen LogP contribution >= 0.6 is 0 Å². The zero-order valence-electron chi connectivity index (χ0n) is 10.5. The summed E-state index contributed by atoms with van der Waals surface area (Å²) in [6, 6.07) is 12.4. The minimum Gasteiger partial charge on any atom is -0.378 e. The summed E-state index contributed by atoms with van der Waals surface area (Å²) < 4.78 is 26.0. The molecule has 0 radical (unpaired) electrons. The Morgan fingerprint density at radius 3 is 2.53 bits per heavy atom. The van der Waals surface area contributed by atoms with Crippen molar-refractivity contribution in [2.75, 3.05) is 12.4 Å². The third-order valence-corrected chi connectivity index (χ3v) is 4.10. The SMILES string of the molecule is CNS(=O)(=O)c1ccccc1NCc1ccccn1. The van der Waals surface area contributed by atoms with Gasteiger partial charge in [0.2, 0.25) is 10.0 Å². The third kappa shape index (κ3) is 3.30. The van der Waals surface area contributed by atoms with Crippen LogP contribution < -0.4 is 10.0 Å². The summed E-state index contributed by atoms with van der Waals surface area (Å²) in [5, 5.41) is 3.09. The highest BCUT2D eigenvalue weighted by atomic mass is 32.2. The van der Waals surface area contributed by atoms with E-state index in [0.717, 1.165) is 5.69 Å². The van der Waals surface area contributed by atoms with Crippen LogP contribution in [0.3, 0.4) is 0 Å². The average Bonchev–Trinajstić information content (AvgIpc) is 2.46. The van der Waals surface area contributed by atoms with Crippen LogP contribution in [0.2, 0.25) is 0 Å². The first kappa shape index (κ1) is 13.5. The van der Waals surface area contributed by atoms with Gasteiger partial charge in [0.1, 0.15) is 4.90 Å². The molecule has 1 aromatic heterocycles. The predicted molar refractivity (Wildman–Crippen MR) is 74.3 cm³/mol. The number of pyridine rings is 1. The van der Waals surface area contributed by atoms with Crippen molar-refractivity contribution in [1.29, 1.82) is 0 Å². The third-order valence-electron chi connectivity index (χ3n) is 2.63. The maximum Gasteiger partial charge on any atom is 0.242 e. The number of para-hydroxylation sites is 1. The molecular weight excluding hydrogens is 262 g/mol. The van der Waals surface area contributed by atoms with Gasteiger partial charge in [0.05, 0.1) is 17.9 Å². The molecule has 1 aromatic carbocycles. The number of aromatic nitrogens is 1. The molecule has 1 heterocycles. The summed E-state index contributed by atoms with van der Waals surface area (Å²) in [5.41, 5.74) is 1.40. The summed E-state index contributed by atoms with van der Waals surface area (Å²) >= 11 is 0. The molecule has 0 bridgehead atoms.